The van der Waals surface area contributed by atoms with Crippen molar-refractivity contribution in [3.8, 4) is 5.75 Å². The largest absolute Gasteiger partial charge is 0.490 e. The van der Waals surface area contributed by atoms with Crippen molar-refractivity contribution in [3.63, 3.8) is 0 Å². The molecule has 1 aliphatic rings. The van der Waals surface area contributed by atoms with Crippen LogP contribution in [0.2, 0.25) is 0 Å². The van der Waals surface area contributed by atoms with Gasteiger partial charge in [0.2, 0.25) is 5.91 Å². The van der Waals surface area contributed by atoms with Gasteiger partial charge in [0.15, 0.2) is 0 Å². The summed E-state index contributed by atoms with van der Waals surface area (Å²) in [5.41, 5.74) is 7.02. The van der Waals surface area contributed by atoms with E-state index in [2.05, 4.69) is 0 Å². The van der Waals surface area contributed by atoms with Gasteiger partial charge in [-0.05, 0) is 29.8 Å². The zero-order valence-corrected chi connectivity index (χ0v) is 16.0. The number of amides is 2. The second-order valence-corrected chi connectivity index (χ2v) is 7.07. The van der Waals surface area contributed by atoms with E-state index in [1.54, 1.807) is 18.1 Å². The summed E-state index contributed by atoms with van der Waals surface area (Å²) in [4.78, 5) is 26.3. The van der Waals surface area contributed by atoms with Crippen LogP contribution in [-0.2, 0) is 16.1 Å². The molecule has 1 saturated heterocycles. The maximum absolute atomic E-state index is 13.0. The molecule has 0 spiro atoms. The first-order chi connectivity index (χ1) is 13.6. The number of primary amides is 1. The van der Waals surface area contributed by atoms with Gasteiger partial charge in [-0.1, -0.05) is 30.3 Å². The van der Waals surface area contributed by atoms with Crippen molar-refractivity contribution in [3.05, 3.63) is 65.7 Å². The Morgan fingerprint density at radius 3 is 2.64 bits per heavy atom. The summed E-state index contributed by atoms with van der Waals surface area (Å²) in [6, 6.07) is 16.9. The molecule has 6 nitrogen and oxygen atoms in total. The first-order valence-electron chi connectivity index (χ1n) is 9.44. The molecule has 148 valence electrons. The highest BCUT2D eigenvalue weighted by Gasteiger charge is 2.34. The molecule has 2 aromatic carbocycles. The van der Waals surface area contributed by atoms with Crippen LogP contribution in [0.15, 0.2) is 54.6 Å². The van der Waals surface area contributed by atoms with Crippen LogP contribution < -0.4 is 10.5 Å². The molecule has 6 heteroatoms. The van der Waals surface area contributed by atoms with Gasteiger partial charge >= 0.3 is 0 Å². The smallest absolute Gasteiger partial charge is 0.253 e. The number of para-hydroxylation sites is 1. The first-order valence-corrected chi connectivity index (χ1v) is 9.44. The van der Waals surface area contributed by atoms with Crippen molar-refractivity contribution in [2.45, 2.75) is 25.6 Å². The maximum Gasteiger partial charge on any atom is 0.253 e. The second-order valence-electron chi connectivity index (χ2n) is 7.07. The summed E-state index contributed by atoms with van der Waals surface area (Å²) in [5, 5.41) is 0. The molecule has 3 rings (SSSR count). The van der Waals surface area contributed by atoms with E-state index < -0.39 is 0 Å². The van der Waals surface area contributed by atoms with Gasteiger partial charge in [-0.2, -0.15) is 0 Å². The molecule has 0 radical (unpaired) electrons. The molecule has 1 aliphatic heterocycles. The molecule has 2 N–H and O–H groups in total. The number of rotatable bonds is 7. The molecule has 1 fully saturated rings. The summed E-state index contributed by atoms with van der Waals surface area (Å²) in [7, 11) is 1.63. The third-order valence-electron chi connectivity index (χ3n) is 4.93. The predicted octanol–water partition coefficient (Wildman–Crippen LogP) is 2.62. The van der Waals surface area contributed by atoms with Gasteiger partial charge < -0.3 is 20.1 Å². The van der Waals surface area contributed by atoms with Crippen LogP contribution in [0, 0.1) is 5.92 Å². The van der Waals surface area contributed by atoms with Crippen molar-refractivity contribution in [2.75, 3.05) is 20.2 Å². The summed E-state index contributed by atoms with van der Waals surface area (Å²) in [6.07, 6.45) is 0.681. The van der Waals surface area contributed by atoms with Crippen LogP contribution in [0.1, 0.15) is 28.8 Å². The van der Waals surface area contributed by atoms with Crippen molar-refractivity contribution in [1.29, 1.82) is 0 Å². The van der Waals surface area contributed by atoms with Crippen LogP contribution in [0.25, 0.3) is 0 Å². The van der Waals surface area contributed by atoms with Crippen molar-refractivity contribution in [2.24, 2.45) is 11.7 Å². The Bertz CT molecular complexity index is 809. The van der Waals surface area contributed by atoms with Gasteiger partial charge in [-0.25, -0.2) is 0 Å². The summed E-state index contributed by atoms with van der Waals surface area (Å²) < 4.78 is 11.2. The molecule has 0 saturated carbocycles. The van der Waals surface area contributed by atoms with Gasteiger partial charge in [0.25, 0.3) is 5.91 Å². The minimum absolute atomic E-state index is 0.0504. The Balaban J connectivity index is 1.72. The molecule has 2 amide bonds. The topological polar surface area (TPSA) is 81.9 Å². The van der Waals surface area contributed by atoms with Crippen molar-refractivity contribution in [1.82, 2.24) is 4.90 Å². The number of likely N-dealkylation sites (tertiary alicyclic amines) is 1. The Morgan fingerprint density at radius 2 is 1.93 bits per heavy atom. The molecular weight excluding hydrogens is 356 g/mol. The number of nitrogens with zero attached hydrogens (tertiary/aromatic N) is 1. The van der Waals surface area contributed by atoms with Crippen LogP contribution in [0.5, 0.6) is 5.75 Å². The zero-order valence-electron chi connectivity index (χ0n) is 16.0. The fourth-order valence-corrected chi connectivity index (χ4v) is 3.62. The van der Waals surface area contributed by atoms with E-state index in [1.165, 1.54) is 0 Å². The second kappa shape index (κ2) is 9.37. The van der Waals surface area contributed by atoms with Crippen molar-refractivity contribution < 1.29 is 19.1 Å². The van der Waals surface area contributed by atoms with E-state index in [1.807, 2.05) is 48.5 Å². The number of piperidine rings is 1. The Labute approximate surface area is 165 Å². The average molecular weight is 382 g/mol. The SMILES string of the molecule is COCc1cccc(C(=O)N2CC[C@H](Oc3ccccc3)[C@@H](CC(N)=O)C2)c1. The molecule has 1 heterocycles. The molecule has 2 aromatic rings. The Hall–Kier alpha value is -2.86. The summed E-state index contributed by atoms with van der Waals surface area (Å²) >= 11 is 0. The van der Waals surface area contributed by atoms with Crippen LogP contribution in [0.4, 0.5) is 0 Å². The van der Waals surface area contributed by atoms with E-state index >= 15 is 0 Å². The summed E-state index contributed by atoms with van der Waals surface area (Å²) in [5.74, 6) is 0.181. The average Bonchev–Trinajstić information content (AvgIpc) is 2.70. The lowest BCUT2D eigenvalue weighted by molar-refractivity contribution is -0.120. The van der Waals surface area contributed by atoms with E-state index in [4.69, 9.17) is 15.2 Å². The number of ether oxygens (including phenoxy) is 2. The molecule has 28 heavy (non-hydrogen) atoms. The molecule has 0 bridgehead atoms. The van der Waals surface area contributed by atoms with Crippen LogP contribution in [-0.4, -0.2) is 43.0 Å². The third-order valence-corrected chi connectivity index (χ3v) is 4.93. The Morgan fingerprint density at radius 1 is 1.14 bits per heavy atom. The van der Waals surface area contributed by atoms with Gasteiger partial charge in [0.1, 0.15) is 11.9 Å². The quantitative estimate of drug-likeness (QED) is 0.798. The van der Waals surface area contributed by atoms with Crippen LogP contribution >= 0.6 is 0 Å². The lowest BCUT2D eigenvalue weighted by atomic mass is 9.90. The minimum atomic E-state index is -0.386. The predicted molar refractivity (Wildman–Crippen MR) is 106 cm³/mol. The van der Waals surface area contributed by atoms with Gasteiger partial charge in [-0.3, -0.25) is 9.59 Å². The normalized spacial score (nSPS) is 19.2. The fraction of sp³-hybridized carbons (Fsp3) is 0.364. The van der Waals surface area contributed by atoms with Gasteiger partial charge in [0, 0.05) is 44.5 Å². The number of carbonyl (C=O) groups is 2. The molecule has 0 unspecified atom stereocenters. The number of hydrogen-bond acceptors (Lipinski definition) is 4. The van der Waals surface area contributed by atoms with E-state index in [0.717, 1.165) is 11.3 Å². The van der Waals surface area contributed by atoms with Crippen molar-refractivity contribution >= 4 is 11.8 Å². The number of nitrogens with two attached hydrogens (primary N) is 1. The van der Waals surface area contributed by atoms with E-state index in [9.17, 15) is 9.59 Å². The van der Waals surface area contributed by atoms with Gasteiger partial charge in [0.05, 0.1) is 6.61 Å². The highest BCUT2D eigenvalue weighted by molar-refractivity contribution is 5.94. The highest BCUT2D eigenvalue weighted by atomic mass is 16.5. The standard InChI is InChI=1S/C22H26N2O4/c1-27-15-16-6-5-7-17(12-16)22(26)24-11-10-20(18(14-24)13-21(23)25)28-19-8-3-2-4-9-19/h2-9,12,18,20H,10-11,13-15H2,1H3,(H2,23,25)/t18-,20-/m0/s1. The number of benzene rings is 2. The minimum Gasteiger partial charge on any atom is -0.490 e. The maximum atomic E-state index is 13.0. The zero-order chi connectivity index (χ0) is 19.9. The first kappa shape index (κ1) is 19.9. The summed E-state index contributed by atoms with van der Waals surface area (Å²) in [6.45, 7) is 1.46. The van der Waals surface area contributed by atoms with E-state index in [-0.39, 0.29) is 30.3 Å². The number of methoxy groups -OCH3 is 1. The third kappa shape index (κ3) is 5.10. The van der Waals surface area contributed by atoms with E-state index in [0.29, 0.717) is 31.7 Å². The molecule has 2 atom stereocenters. The van der Waals surface area contributed by atoms with Gasteiger partial charge in [-0.15, -0.1) is 0 Å². The molecular formula is C22H26N2O4. The monoisotopic (exact) mass is 382 g/mol. The molecule has 0 aliphatic carbocycles. The fourth-order valence-electron chi connectivity index (χ4n) is 3.62. The van der Waals surface area contributed by atoms with Crippen LogP contribution in [0.3, 0.4) is 0 Å². The Kier molecular flexibility index (Phi) is 6.66. The number of carbonyl (C=O) groups excluding carboxylic acids is 2. The number of hydrogen-bond donors (Lipinski definition) is 1. The highest BCUT2D eigenvalue weighted by Crippen LogP contribution is 2.26. The lowest BCUT2D eigenvalue weighted by Gasteiger charge is -2.38. The molecule has 0 aromatic heterocycles. The lowest BCUT2D eigenvalue weighted by Crippen LogP contribution is -2.49.